The highest BCUT2D eigenvalue weighted by Crippen LogP contribution is 2.22. The highest BCUT2D eigenvalue weighted by Gasteiger charge is 2.29. The summed E-state index contributed by atoms with van der Waals surface area (Å²) in [5.74, 6) is 1.11. The van der Waals surface area contributed by atoms with Crippen molar-refractivity contribution >= 4 is 5.91 Å². The molecular weight excluding hydrogens is 200 g/mol. The van der Waals surface area contributed by atoms with Crippen LogP contribution in [0.1, 0.15) is 40.0 Å². The smallest absolute Gasteiger partial charge is 0.225 e. The lowest BCUT2D eigenvalue weighted by Crippen LogP contribution is -2.51. The van der Waals surface area contributed by atoms with Gasteiger partial charge in [0.2, 0.25) is 5.91 Å². The Labute approximate surface area is 99.6 Å². The van der Waals surface area contributed by atoms with Gasteiger partial charge in [-0.05, 0) is 25.8 Å². The molecule has 1 fully saturated rings. The third-order valence-electron chi connectivity index (χ3n) is 3.45. The van der Waals surface area contributed by atoms with Gasteiger partial charge in [0.25, 0.3) is 0 Å². The van der Waals surface area contributed by atoms with Crippen molar-refractivity contribution in [1.29, 1.82) is 0 Å². The molecule has 1 heterocycles. The molecule has 0 aromatic carbocycles. The van der Waals surface area contributed by atoms with Crippen molar-refractivity contribution in [3.8, 4) is 0 Å². The standard InChI is InChI=1S/C13H26N2O/c1-5-6-11-7-12(14-4)9-15(8-11)13(16)10(2)3/h10-12,14H,5-9H2,1-4H3. The van der Waals surface area contributed by atoms with Crippen molar-refractivity contribution in [3.05, 3.63) is 0 Å². The number of amides is 1. The second kappa shape index (κ2) is 6.24. The quantitative estimate of drug-likeness (QED) is 0.794. The largest absolute Gasteiger partial charge is 0.341 e. The van der Waals surface area contributed by atoms with Crippen LogP contribution in [0.4, 0.5) is 0 Å². The van der Waals surface area contributed by atoms with Crippen molar-refractivity contribution < 1.29 is 4.79 Å². The summed E-state index contributed by atoms with van der Waals surface area (Å²) in [6, 6.07) is 0.480. The molecule has 3 nitrogen and oxygen atoms in total. The minimum atomic E-state index is 0.123. The monoisotopic (exact) mass is 226 g/mol. The van der Waals surface area contributed by atoms with Crippen LogP contribution in [-0.4, -0.2) is 37.0 Å². The molecule has 1 rings (SSSR count). The second-order valence-electron chi connectivity index (χ2n) is 5.27. The Morgan fingerprint density at radius 2 is 2.12 bits per heavy atom. The van der Waals surface area contributed by atoms with E-state index in [1.165, 1.54) is 19.3 Å². The van der Waals surface area contributed by atoms with Crippen LogP contribution in [0.25, 0.3) is 0 Å². The van der Waals surface area contributed by atoms with E-state index in [1.807, 2.05) is 20.9 Å². The number of nitrogens with one attached hydrogen (secondary N) is 1. The van der Waals surface area contributed by atoms with E-state index in [2.05, 4.69) is 17.1 Å². The van der Waals surface area contributed by atoms with Crippen LogP contribution in [0, 0.1) is 11.8 Å². The molecule has 0 saturated carbocycles. The van der Waals surface area contributed by atoms with Crippen molar-refractivity contribution in [3.63, 3.8) is 0 Å². The van der Waals surface area contributed by atoms with Gasteiger partial charge in [-0.2, -0.15) is 0 Å². The molecule has 2 atom stereocenters. The first kappa shape index (κ1) is 13.5. The molecule has 2 unspecified atom stereocenters. The van der Waals surface area contributed by atoms with Gasteiger partial charge < -0.3 is 10.2 Å². The summed E-state index contributed by atoms with van der Waals surface area (Å²) in [6.07, 6.45) is 3.66. The predicted octanol–water partition coefficient (Wildman–Crippen LogP) is 1.88. The Bertz CT molecular complexity index is 228. The molecule has 16 heavy (non-hydrogen) atoms. The van der Waals surface area contributed by atoms with Crippen LogP contribution >= 0.6 is 0 Å². The van der Waals surface area contributed by atoms with Crippen molar-refractivity contribution in [2.45, 2.75) is 46.1 Å². The van der Waals surface area contributed by atoms with E-state index < -0.39 is 0 Å². The Hall–Kier alpha value is -0.570. The summed E-state index contributed by atoms with van der Waals surface area (Å²) in [6.45, 7) is 8.04. The summed E-state index contributed by atoms with van der Waals surface area (Å²) in [5.41, 5.74) is 0. The number of piperidine rings is 1. The topological polar surface area (TPSA) is 32.3 Å². The van der Waals surface area contributed by atoms with Gasteiger partial charge in [-0.25, -0.2) is 0 Å². The maximum Gasteiger partial charge on any atom is 0.225 e. The zero-order chi connectivity index (χ0) is 12.1. The second-order valence-corrected chi connectivity index (χ2v) is 5.27. The van der Waals surface area contributed by atoms with E-state index in [4.69, 9.17) is 0 Å². The number of carbonyl (C=O) groups excluding carboxylic acids is 1. The van der Waals surface area contributed by atoms with Crippen LogP contribution in [0.2, 0.25) is 0 Å². The number of likely N-dealkylation sites (tertiary alicyclic amines) is 1. The fraction of sp³-hybridized carbons (Fsp3) is 0.923. The van der Waals surface area contributed by atoms with Crippen LogP contribution in [-0.2, 0) is 4.79 Å². The molecule has 3 heteroatoms. The molecule has 0 spiro atoms. The van der Waals surface area contributed by atoms with Crippen LogP contribution in [0.5, 0.6) is 0 Å². The molecule has 0 aliphatic carbocycles. The van der Waals surface area contributed by atoms with Gasteiger partial charge in [0, 0.05) is 25.0 Å². The first-order valence-electron chi connectivity index (χ1n) is 6.54. The summed E-state index contributed by atoms with van der Waals surface area (Å²) < 4.78 is 0. The molecule has 1 aliphatic rings. The lowest BCUT2D eigenvalue weighted by atomic mass is 9.90. The maximum absolute atomic E-state index is 12.0. The minimum absolute atomic E-state index is 0.123. The highest BCUT2D eigenvalue weighted by molar-refractivity contribution is 5.78. The summed E-state index contributed by atoms with van der Waals surface area (Å²) in [7, 11) is 2.00. The molecule has 1 saturated heterocycles. The van der Waals surface area contributed by atoms with E-state index in [0.717, 1.165) is 13.1 Å². The molecular formula is C13H26N2O. The van der Waals surface area contributed by atoms with Gasteiger partial charge >= 0.3 is 0 Å². The van der Waals surface area contributed by atoms with Crippen LogP contribution in [0.3, 0.4) is 0 Å². The van der Waals surface area contributed by atoms with Crippen LogP contribution in [0.15, 0.2) is 0 Å². The third kappa shape index (κ3) is 3.48. The Morgan fingerprint density at radius 1 is 1.44 bits per heavy atom. The van der Waals surface area contributed by atoms with Crippen molar-refractivity contribution in [2.75, 3.05) is 20.1 Å². The molecule has 1 amide bonds. The first-order valence-corrected chi connectivity index (χ1v) is 6.54. The summed E-state index contributed by atoms with van der Waals surface area (Å²) in [4.78, 5) is 14.1. The van der Waals surface area contributed by atoms with E-state index in [-0.39, 0.29) is 5.92 Å². The number of likely N-dealkylation sites (N-methyl/N-ethyl adjacent to an activating group) is 1. The Kier molecular flexibility index (Phi) is 5.26. The predicted molar refractivity (Wildman–Crippen MR) is 67.3 cm³/mol. The van der Waals surface area contributed by atoms with Gasteiger partial charge in [-0.15, -0.1) is 0 Å². The van der Waals surface area contributed by atoms with Crippen molar-refractivity contribution in [2.24, 2.45) is 11.8 Å². The molecule has 0 aromatic heterocycles. The number of carbonyl (C=O) groups is 1. The number of hydrogen-bond donors (Lipinski definition) is 1. The van der Waals surface area contributed by atoms with Gasteiger partial charge in [0.15, 0.2) is 0 Å². The zero-order valence-electron chi connectivity index (χ0n) is 11.1. The van der Waals surface area contributed by atoms with Gasteiger partial charge in [-0.3, -0.25) is 4.79 Å². The minimum Gasteiger partial charge on any atom is -0.341 e. The SMILES string of the molecule is CCCC1CC(NC)CN(C(=O)C(C)C)C1. The summed E-state index contributed by atoms with van der Waals surface area (Å²) >= 11 is 0. The third-order valence-corrected chi connectivity index (χ3v) is 3.45. The maximum atomic E-state index is 12.0. The van der Waals surface area contributed by atoms with E-state index in [1.54, 1.807) is 0 Å². The summed E-state index contributed by atoms with van der Waals surface area (Å²) in [5, 5.41) is 3.32. The fourth-order valence-electron chi connectivity index (χ4n) is 2.58. The number of nitrogens with zero attached hydrogens (tertiary/aromatic N) is 1. The molecule has 0 aromatic rings. The normalized spacial score (nSPS) is 26.2. The Balaban J connectivity index is 2.60. The lowest BCUT2D eigenvalue weighted by Gasteiger charge is -2.38. The fourth-order valence-corrected chi connectivity index (χ4v) is 2.58. The Morgan fingerprint density at radius 3 is 2.62 bits per heavy atom. The van der Waals surface area contributed by atoms with Crippen molar-refractivity contribution in [1.82, 2.24) is 10.2 Å². The molecule has 0 radical (unpaired) electrons. The van der Waals surface area contributed by atoms with Gasteiger partial charge in [0.05, 0.1) is 0 Å². The molecule has 0 bridgehead atoms. The zero-order valence-corrected chi connectivity index (χ0v) is 11.1. The number of rotatable bonds is 4. The molecule has 1 N–H and O–H groups in total. The first-order chi connectivity index (χ1) is 7.58. The number of hydrogen-bond acceptors (Lipinski definition) is 2. The average Bonchev–Trinajstić information content (AvgIpc) is 2.27. The molecule has 94 valence electrons. The van der Waals surface area contributed by atoms with E-state index in [0.29, 0.717) is 17.9 Å². The van der Waals surface area contributed by atoms with Gasteiger partial charge in [0.1, 0.15) is 0 Å². The van der Waals surface area contributed by atoms with E-state index in [9.17, 15) is 4.79 Å². The lowest BCUT2D eigenvalue weighted by molar-refractivity contribution is -0.136. The molecule has 1 aliphatic heterocycles. The van der Waals surface area contributed by atoms with Gasteiger partial charge in [-0.1, -0.05) is 27.2 Å². The highest BCUT2D eigenvalue weighted by atomic mass is 16.2. The van der Waals surface area contributed by atoms with Crippen LogP contribution < -0.4 is 5.32 Å². The average molecular weight is 226 g/mol. The van der Waals surface area contributed by atoms with E-state index >= 15 is 0 Å².